The summed E-state index contributed by atoms with van der Waals surface area (Å²) in [4.78, 5) is 12.3. The normalized spacial score (nSPS) is 13.3. The average Bonchev–Trinajstić information content (AvgIpc) is 2.44. The number of carbonyl (C=O) groups excluding carboxylic acids is 1. The quantitative estimate of drug-likeness (QED) is 0.534. The van der Waals surface area contributed by atoms with Crippen molar-refractivity contribution in [3.05, 3.63) is 35.4 Å². The predicted molar refractivity (Wildman–Crippen MR) is 88.9 cm³/mol. The highest BCUT2D eigenvalue weighted by Crippen LogP contribution is 2.25. The SMILES string of the molecule is CC(C)Cc1ccccc1C(C)C(=O)OCC(C)(C)CCl. The molecule has 0 aliphatic carbocycles. The Kier molecular flexibility index (Phi) is 6.73. The minimum Gasteiger partial charge on any atom is -0.465 e. The lowest BCUT2D eigenvalue weighted by atomic mass is 9.91. The molecule has 1 unspecified atom stereocenters. The number of rotatable bonds is 7. The van der Waals surface area contributed by atoms with Crippen LogP contribution < -0.4 is 0 Å². The molecule has 0 N–H and O–H groups in total. The van der Waals surface area contributed by atoms with Crippen LogP contribution in [0.4, 0.5) is 0 Å². The molecule has 0 radical (unpaired) electrons. The van der Waals surface area contributed by atoms with E-state index in [0.29, 0.717) is 18.4 Å². The molecular weight excluding hydrogens is 284 g/mol. The standard InChI is InChI=1S/C18H27ClO2/c1-13(2)10-15-8-6-7-9-16(15)14(3)17(20)21-12-18(4,5)11-19/h6-9,13-14H,10-12H2,1-5H3. The fourth-order valence-electron chi connectivity index (χ4n) is 2.14. The van der Waals surface area contributed by atoms with E-state index in [9.17, 15) is 4.79 Å². The van der Waals surface area contributed by atoms with Gasteiger partial charge in [0.1, 0.15) is 0 Å². The molecule has 0 aliphatic heterocycles. The molecule has 0 aliphatic rings. The van der Waals surface area contributed by atoms with E-state index in [1.807, 2.05) is 39.0 Å². The third kappa shape index (κ3) is 5.70. The summed E-state index contributed by atoms with van der Waals surface area (Å²) < 4.78 is 5.45. The van der Waals surface area contributed by atoms with Crippen molar-refractivity contribution in [2.24, 2.45) is 11.3 Å². The van der Waals surface area contributed by atoms with Gasteiger partial charge in [0.2, 0.25) is 0 Å². The van der Waals surface area contributed by atoms with Gasteiger partial charge in [0.25, 0.3) is 0 Å². The molecule has 1 aromatic rings. The number of halogens is 1. The predicted octanol–water partition coefficient (Wildman–Crippen LogP) is 4.80. The Morgan fingerprint density at radius 2 is 1.86 bits per heavy atom. The molecule has 0 heterocycles. The third-order valence-corrected chi connectivity index (χ3v) is 4.19. The summed E-state index contributed by atoms with van der Waals surface area (Å²) in [6, 6.07) is 8.12. The minimum atomic E-state index is -0.244. The lowest BCUT2D eigenvalue weighted by molar-refractivity contribution is -0.147. The van der Waals surface area contributed by atoms with Crippen LogP contribution in [-0.4, -0.2) is 18.5 Å². The molecule has 1 rings (SSSR count). The summed E-state index contributed by atoms with van der Waals surface area (Å²) in [5, 5.41) is 0. The van der Waals surface area contributed by atoms with Gasteiger partial charge in [0.05, 0.1) is 12.5 Å². The summed E-state index contributed by atoms with van der Waals surface area (Å²) >= 11 is 5.86. The van der Waals surface area contributed by atoms with Crippen molar-refractivity contribution in [3.8, 4) is 0 Å². The molecule has 0 spiro atoms. The molecule has 21 heavy (non-hydrogen) atoms. The van der Waals surface area contributed by atoms with Crippen LogP contribution in [-0.2, 0) is 16.0 Å². The van der Waals surface area contributed by atoms with Crippen molar-refractivity contribution in [3.63, 3.8) is 0 Å². The number of carbonyl (C=O) groups is 1. The lowest BCUT2D eigenvalue weighted by Crippen LogP contribution is -2.25. The van der Waals surface area contributed by atoms with Crippen LogP contribution in [0.1, 0.15) is 51.7 Å². The van der Waals surface area contributed by atoms with Gasteiger partial charge >= 0.3 is 5.97 Å². The maximum Gasteiger partial charge on any atom is 0.313 e. The van der Waals surface area contributed by atoms with Crippen LogP contribution in [0.5, 0.6) is 0 Å². The van der Waals surface area contributed by atoms with Crippen molar-refractivity contribution >= 4 is 17.6 Å². The lowest BCUT2D eigenvalue weighted by Gasteiger charge is -2.23. The van der Waals surface area contributed by atoms with Gasteiger partial charge in [0.15, 0.2) is 0 Å². The van der Waals surface area contributed by atoms with Crippen LogP contribution in [0.3, 0.4) is 0 Å². The molecule has 0 saturated carbocycles. The molecule has 0 fully saturated rings. The van der Waals surface area contributed by atoms with Crippen LogP contribution >= 0.6 is 11.6 Å². The molecule has 1 atom stereocenters. The summed E-state index contributed by atoms with van der Waals surface area (Å²) in [5.74, 6) is 0.610. The maximum absolute atomic E-state index is 12.3. The van der Waals surface area contributed by atoms with E-state index in [1.54, 1.807) is 0 Å². The largest absolute Gasteiger partial charge is 0.465 e. The van der Waals surface area contributed by atoms with Gasteiger partial charge in [0, 0.05) is 11.3 Å². The van der Waals surface area contributed by atoms with E-state index in [4.69, 9.17) is 16.3 Å². The van der Waals surface area contributed by atoms with Gasteiger partial charge < -0.3 is 4.74 Å². The summed E-state index contributed by atoms with van der Waals surface area (Å²) in [7, 11) is 0. The molecule has 118 valence electrons. The highest BCUT2D eigenvalue weighted by atomic mass is 35.5. The second kappa shape index (κ2) is 7.84. The second-order valence-corrected chi connectivity index (χ2v) is 7.19. The Morgan fingerprint density at radius 1 is 1.24 bits per heavy atom. The first-order valence-corrected chi connectivity index (χ1v) is 8.10. The Balaban J connectivity index is 2.78. The minimum absolute atomic E-state index is 0.176. The summed E-state index contributed by atoms with van der Waals surface area (Å²) in [6.45, 7) is 10.6. The Labute approximate surface area is 133 Å². The molecule has 1 aromatic carbocycles. The van der Waals surface area contributed by atoms with Crippen LogP contribution in [0.2, 0.25) is 0 Å². The van der Waals surface area contributed by atoms with Crippen molar-refractivity contribution in [2.75, 3.05) is 12.5 Å². The average molecular weight is 311 g/mol. The van der Waals surface area contributed by atoms with E-state index in [2.05, 4.69) is 19.9 Å². The molecule has 0 aromatic heterocycles. The first kappa shape index (κ1) is 18.0. The van der Waals surface area contributed by atoms with Crippen molar-refractivity contribution in [2.45, 2.75) is 47.0 Å². The summed E-state index contributed by atoms with van der Waals surface area (Å²) in [5.41, 5.74) is 2.11. The molecular formula is C18H27ClO2. The van der Waals surface area contributed by atoms with E-state index < -0.39 is 0 Å². The highest BCUT2D eigenvalue weighted by molar-refractivity contribution is 6.18. The van der Waals surface area contributed by atoms with Gasteiger partial charge in [-0.25, -0.2) is 0 Å². The highest BCUT2D eigenvalue weighted by Gasteiger charge is 2.24. The van der Waals surface area contributed by atoms with Gasteiger partial charge in [-0.15, -0.1) is 11.6 Å². The topological polar surface area (TPSA) is 26.3 Å². The zero-order valence-corrected chi connectivity index (χ0v) is 14.5. The van der Waals surface area contributed by atoms with Crippen LogP contribution in [0.25, 0.3) is 0 Å². The third-order valence-electron chi connectivity index (χ3n) is 3.47. The van der Waals surface area contributed by atoms with Crippen LogP contribution in [0.15, 0.2) is 24.3 Å². The molecule has 0 saturated heterocycles. The second-order valence-electron chi connectivity index (χ2n) is 6.92. The molecule has 2 nitrogen and oxygen atoms in total. The maximum atomic E-state index is 12.3. The number of ether oxygens (including phenoxy) is 1. The van der Waals surface area contributed by atoms with Gasteiger partial charge in [-0.2, -0.15) is 0 Å². The van der Waals surface area contributed by atoms with Crippen molar-refractivity contribution < 1.29 is 9.53 Å². The zero-order valence-electron chi connectivity index (χ0n) is 13.8. The Bertz CT molecular complexity index is 466. The van der Waals surface area contributed by atoms with E-state index in [0.717, 1.165) is 12.0 Å². The van der Waals surface area contributed by atoms with Crippen LogP contribution in [0, 0.1) is 11.3 Å². The molecule has 3 heteroatoms. The van der Waals surface area contributed by atoms with E-state index in [-0.39, 0.29) is 17.3 Å². The smallest absolute Gasteiger partial charge is 0.313 e. The van der Waals surface area contributed by atoms with Gasteiger partial charge in [-0.1, -0.05) is 52.0 Å². The van der Waals surface area contributed by atoms with E-state index in [1.165, 1.54) is 5.56 Å². The first-order valence-electron chi connectivity index (χ1n) is 7.57. The number of alkyl halides is 1. The fourth-order valence-corrected chi connectivity index (χ4v) is 2.22. The number of hydrogen-bond donors (Lipinski definition) is 0. The van der Waals surface area contributed by atoms with Gasteiger partial charge in [-0.3, -0.25) is 4.79 Å². The Morgan fingerprint density at radius 3 is 2.43 bits per heavy atom. The summed E-state index contributed by atoms with van der Waals surface area (Å²) in [6.07, 6.45) is 0.973. The van der Waals surface area contributed by atoms with Crippen molar-refractivity contribution in [1.29, 1.82) is 0 Å². The fraction of sp³-hybridized carbons (Fsp3) is 0.611. The number of esters is 1. The molecule has 0 amide bonds. The monoisotopic (exact) mass is 310 g/mol. The zero-order chi connectivity index (χ0) is 16.0. The van der Waals surface area contributed by atoms with E-state index >= 15 is 0 Å². The van der Waals surface area contributed by atoms with Gasteiger partial charge in [-0.05, 0) is 30.4 Å². The number of benzene rings is 1. The first-order chi connectivity index (χ1) is 9.76. The van der Waals surface area contributed by atoms with Crippen molar-refractivity contribution in [1.82, 2.24) is 0 Å². The molecule has 0 bridgehead atoms. The Hall–Kier alpha value is -1.02. The number of hydrogen-bond acceptors (Lipinski definition) is 2.